The van der Waals surface area contributed by atoms with Crippen molar-refractivity contribution in [1.29, 1.82) is 0 Å². The van der Waals surface area contributed by atoms with E-state index in [-0.39, 0.29) is 11.9 Å². The Labute approximate surface area is 153 Å². The smallest absolute Gasteiger partial charge is 0.325 e. The maximum atomic E-state index is 12.6. The number of hydrogen-bond donors (Lipinski definition) is 1. The number of carbonyl (C=O) groups excluding carboxylic acids is 1. The van der Waals surface area contributed by atoms with Crippen LogP contribution < -0.4 is 5.32 Å². The molecule has 1 saturated heterocycles. The van der Waals surface area contributed by atoms with Crippen molar-refractivity contribution in [1.82, 2.24) is 9.80 Å². The van der Waals surface area contributed by atoms with Gasteiger partial charge in [-0.05, 0) is 70.1 Å². The van der Waals surface area contributed by atoms with Gasteiger partial charge in [-0.3, -0.25) is 9.69 Å². The standard InChI is InChI=1S/C19H28F3N3O/c1-4-10-24(3)12-15-9-11-25(13-15)14(2)18(26)23-17-7-5-16(6-8-17)19(20,21)22/h5-8,14-15H,4,9-13H2,1-3H3,(H,23,26)/t14-,15-/m1/s1. The quantitative estimate of drug-likeness (QED) is 0.794. The van der Waals surface area contributed by atoms with Crippen molar-refractivity contribution in [3.8, 4) is 0 Å². The van der Waals surface area contributed by atoms with Crippen molar-refractivity contribution in [3.05, 3.63) is 29.8 Å². The van der Waals surface area contributed by atoms with Crippen LogP contribution in [0.5, 0.6) is 0 Å². The molecule has 1 aromatic carbocycles. The van der Waals surface area contributed by atoms with E-state index in [2.05, 4.69) is 29.1 Å². The molecule has 4 nitrogen and oxygen atoms in total. The molecule has 2 rings (SSSR count). The molecule has 0 aliphatic carbocycles. The molecule has 0 aromatic heterocycles. The van der Waals surface area contributed by atoms with Crippen molar-refractivity contribution in [3.63, 3.8) is 0 Å². The summed E-state index contributed by atoms with van der Waals surface area (Å²) in [5, 5.41) is 2.71. The van der Waals surface area contributed by atoms with E-state index in [1.807, 2.05) is 6.92 Å². The number of benzene rings is 1. The van der Waals surface area contributed by atoms with E-state index in [4.69, 9.17) is 0 Å². The zero-order chi connectivity index (χ0) is 19.3. The third-order valence-electron chi connectivity index (χ3n) is 4.90. The number of rotatable bonds is 7. The second-order valence-corrected chi connectivity index (χ2v) is 7.15. The predicted octanol–water partition coefficient (Wildman–Crippen LogP) is 3.70. The van der Waals surface area contributed by atoms with Gasteiger partial charge in [-0.25, -0.2) is 0 Å². The fraction of sp³-hybridized carbons (Fsp3) is 0.632. The highest BCUT2D eigenvalue weighted by Gasteiger charge is 2.31. The van der Waals surface area contributed by atoms with Crippen molar-refractivity contribution in [2.45, 2.75) is 38.9 Å². The van der Waals surface area contributed by atoms with E-state index in [1.54, 1.807) is 0 Å². The summed E-state index contributed by atoms with van der Waals surface area (Å²) >= 11 is 0. The molecule has 1 aliphatic rings. The molecule has 1 aromatic rings. The molecule has 0 radical (unpaired) electrons. The lowest BCUT2D eigenvalue weighted by atomic mass is 10.1. The van der Waals surface area contributed by atoms with Gasteiger partial charge >= 0.3 is 6.18 Å². The third-order valence-corrected chi connectivity index (χ3v) is 4.90. The van der Waals surface area contributed by atoms with Crippen molar-refractivity contribution >= 4 is 11.6 Å². The minimum absolute atomic E-state index is 0.188. The van der Waals surface area contributed by atoms with Crippen LogP contribution in [0.3, 0.4) is 0 Å². The Morgan fingerprint density at radius 3 is 2.58 bits per heavy atom. The van der Waals surface area contributed by atoms with E-state index in [9.17, 15) is 18.0 Å². The van der Waals surface area contributed by atoms with Crippen molar-refractivity contribution in [2.24, 2.45) is 5.92 Å². The molecule has 1 N–H and O–H groups in total. The highest BCUT2D eigenvalue weighted by molar-refractivity contribution is 5.94. The van der Waals surface area contributed by atoms with Gasteiger partial charge in [0.25, 0.3) is 0 Å². The highest BCUT2D eigenvalue weighted by atomic mass is 19.4. The summed E-state index contributed by atoms with van der Waals surface area (Å²) in [6.07, 6.45) is -2.18. The maximum absolute atomic E-state index is 12.6. The average molecular weight is 371 g/mol. The molecule has 1 amide bonds. The van der Waals surface area contributed by atoms with Gasteiger partial charge < -0.3 is 10.2 Å². The molecule has 7 heteroatoms. The second-order valence-electron chi connectivity index (χ2n) is 7.15. The van der Waals surface area contributed by atoms with Crippen LogP contribution in [0, 0.1) is 5.92 Å². The van der Waals surface area contributed by atoms with Gasteiger partial charge in [0.2, 0.25) is 5.91 Å². The van der Waals surface area contributed by atoms with Gasteiger partial charge in [0.1, 0.15) is 0 Å². The Balaban J connectivity index is 1.86. The molecule has 1 aliphatic heterocycles. The SMILES string of the molecule is CCCN(C)C[C@H]1CCN([C@H](C)C(=O)Nc2ccc(C(F)(F)F)cc2)C1. The third kappa shape index (κ3) is 5.71. The van der Waals surface area contributed by atoms with Crippen LogP contribution in [0.2, 0.25) is 0 Å². The number of amides is 1. The first-order valence-corrected chi connectivity index (χ1v) is 9.11. The van der Waals surface area contributed by atoms with Gasteiger partial charge in [-0.2, -0.15) is 13.2 Å². The lowest BCUT2D eigenvalue weighted by molar-refractivity contribution is -0.137. The Morgan fingerprint density at radius 1 is 1.35 bits per heavy atom. The molecule has 26 heavy (non-hydrogen) atoms. The first kappa shape index (κ1) is 20.7. The zero-order valence-corrected chi connectivity index (χ0v) is 15.6. The Kier molecular flexibility index (Phi) is 7.06. The normalized spacial score (nSPS) is 19.7. The van der Waals surface area contributed by atoms with Crippen LogP contribution >= 0.6 is 0 Å². The molecule has 1 fully saturated rings. The van der Waals surface area contributed by atoms with E-state index in [0.717, 1.165) is 51.2 Å². The lowest BCUT2D eigenvalue weighted by Gasteiger charge is -2.25. The first-order chi connectivity index (χ1) is 12.2. The second kappa shape index (κ2) is 8.86. The number of anilines is 1. The van der Waals surface area contributed by atoms with Gasteiger partial charge in [-0.15, -0.1) is 0 Å². The Bertz CT molecular complexity index is 589. The fourth-order valence-corrected chi connectivity index (χ4v) is 3.43. The van der Waals surface area contributed by atoms with Crippen molar-refractivity contribution < 1.29 is 18.0 Å². The van der Waals surface area contributed by atoms with Gasteiger partial charge in [-0.1, -0.05) is 6.92 Å². The van der Waals surface area contributed by atoms with E-state index >= 15 is 0 Å². The molecule has 0 spiro atoms. The molecule has 2 atom stereocenters. The minimum atomic E-state index is -4.37. The lowest BCUT2D eigenvalue weighted by Crippen LogP contribution is -2.41. The topological polar surface area (TPSA) is 35.6 Å². The number of likely N-dealkylation sites (tertiary alicyclic amines) is 1. The summed E-state index contributed by atoms with van der Waals surface area (Å²) < 4.78 is 37.8. The molecule has 0 bridgehead atoms. The summed E-state index contributed by atoms with van der Waals surface area (Å²) in [6.45, 7) is 7.84. The summed E-state index contributed by atoms with van der Waals surface area (Å²) in [6, 6.07) is 4.24. The molecule has 146 valence electrons. The van der Waals surface area contributed by atoms with Crippen molar-refractivity contribution in [2.75, 3.05) is 38.5 Å². The van der Waals surface area contributed by atoms with E-state index in [0.29, 0.717) is 11.6 Å². The van der Waals surface area contributed by atoms with Crippen LogP contribution in [0.4, 0.5) is 18.9 Å². The van der Waals surface area contributed by atoms with Crippen LogP contribution in [-0.4, -0.2) is 55.0 Å². The van der Waals surface area contributed by atoms with Crippen LogP contribution in [0.25, 0.3) is 0 Å². The van der Waals surface area contributed by atoms with Gasteiger partial charge in [0.15, 0.2) is 0 Å². The van der Waals surface area contributed by atoms with E-state index < -0.39 is 11.7 Å². The fourth-order valence-electron chi connectivity index (χ4n) is 3.43. The Morgan fingerprint density at radius 2 is 2.00 bits per heavy atom. The molecule has 0 saturated carbocycles. The highest BCUT2D eigenvalue weighted by Crippen LogP contribution is 2.30. The molecular weight excluding hydrogens is 343 g/mol. The monoisotopic (exact) mass is 371 g/mol. The van der Waals surface area contributed by atoms with Gasteiger partial charge in [0.05, 0.1) is 11.6 Å². The number of alkyl halides is 3. The minimum Gasteiger partial charge on any atom is -0.325 e. The maximum Gasteiger partial charge on any atom is 0.416 e. The largest absolute Gasteiger partial charge is 0.416 e. The Hall–Kier alpha value is -1.60. The summed E-state index contributed by atoms with van der Waals surface area (Å²) in [5.74, 6) is 0.361. The van der Waals surface area contributed by atoms with Crippen LogP contribution in [-0.2, 0) is 11.0 Å². The van der Waals surface area contributed by atoms with Crippen LogP contribution in [0.15, 0.2) is 24.3 Å². The summed E-state index contributed by atoms with van der Waals surface area (Å²) in [4.78, 5) is 16.9. The average Bonchev–Trinajstić information content (AvgIpc) is 3.02. The molecule has 0 unspecified atom stereocenters. The van der Waals surface area contributed by atoms with E-state index in [1.165, 1.54) is 12.1 Å². The summed E-state index contributed by atoms with van der Waals surface area (Å²) in [7, 11) is 2.12. The number of halogens is 3. The predicted molar refractivity (Wildman–Crippen MR) is 97.0 cm³/mol. The number of carbonyl (C=O) groups is 1. The number of hydrogen-bond acceptors (Lipinski definition) is 3. The van der Waals surface area contributed by atoms with Gasteiger partial charge in [0, 0.05) is 18.8 Å². The first-order valence-electron chi connectivity index (χ1n) is 9.11. The molecular formula is C19H28F3N3O. The number of nitrogens with zero attached hydrogens (tertiary/aromatic N) is 2. The summed E-state index contributed by atoms with van der Waals surface area (Å²) in [5.41, 5.74) is -0.338. The van der Waals surface area contributed by atoms with Crippen LogP contribution in [0.1, 0.15) is 32.3 Å². The number of nitrogens with one attached hydrogen (secondary N) is 1. The molecule has 1 heterocycles. The zero-order valence-electron chi connectivity index (χ0n) is 15.6.